The van der Waals surface area contributed by atoms with Gasteiger partial charge in [0.1, 0.15) is 0 Å². The molecule has 0 bridgehead atoms. The van der Waals surface area contributed by atoms with Gasteiger partial charge in [0, 0.05) is 12.6 Å². The molecule has 1 aromatic carbocycles. The molecule has 1 aliphatic rings. The van der Waals surface area contributed by atoms with Gasteiger partial charge in [-0.1, -0.05) is 0 Å². The molecule has 76 valence electrons. The number of rotatable bonds is 1. The predicted octanol–water partition coefficient (Wildman–Crippen LogP) is 2.15. The first-order chi connectivity index (χ1) is 6.61. The Labute approximate surface area is 81.3 Å². The molecule has 1 unspecified atom stereocenters. The molecule has 0 spiro atoms. The zero-order valence-corrected chi connectivity index (χ0v) is 7.93. The van der Waals surface area contributed by atoms with Gasteiger partial charge in [-0.15, -0.1) is 0 Å². The summed E-state index contributed by atoms with van der Waals surface area (Å²) >= 11 is 0. The van der Waals surface area contributed by atoms with Crippen molar-refractivity contribution in [2.75, 3.05) is 17.2 Å². The van der Waals surface area contributed by atoms with Crippen LogP contribution >= 0.6 is 0 Å². The minimum Gasteiger partial charge on any atom is -0.397 e. The van der Waals surface area contributed by atoms with Crippen molar-refractivity contribution in [3.8, 4) is 0 Å². The Balaban J connectivity index is 2.45. The molecular formula is C10H12F2N2. The van der Waals surface area contributed by atoms with E-state index in [1.807, 2.05) is 6.92 Å². The maximum absolute atomic E-state index is 13.4. The van der Waals surface area contributed by atoms with Crippen molar-refractivity contribution < 1.29 is 8.78 Å². The molecule has 1 aliphatic heterocycles. The van der Waals surface area contributed by atoms with Gasteiger partial charge in [0.2, 0.25) is 0 Å². The highest BCUT2D eigenvalue weighted by Crippen LogP contribution is 2.34. The monoisotopic (exact) mass is 198 g/mol. The average molecular weight is 198 g/mol. The van der Waals surface area contributed by atoms with E-state index in [0.717, 1.165) is 19.0 Å². The molecule has 14 heavy (non-hydrogen) atoms. The molecule has 0 aromatic heterocycles. The first-order valence-electron chi connectivity index (χ1n) is 4.61. The molecule has 1 fully saturated rings. The number of hydrogen-bond acceptors (Lipinski definition) is 2. The summed E-state index contributed by atoms with van der Waals surface area (Å²) in [5.74, 6) is -1.68. The summed E-state index contributed by atoms with van der Waals surface area (Å²) in [7, 11) is 0. The summed E-state index contributed by atoms with van der Waals surface area (Å²) in [6.45, 7) is 2.71. The van der Waals surface area contributed by atoms with Gasteiger partial charge < -0.3 is 10.6 Å². The largest absolute Gasteiger partial charge is 0.397 e. The predicted molar refractivity (Wildman–Crippen MR) is 52.2 cm³/mol. The van der Waals surface area contributed by atoms with Crippen molar-refractivity contribution in [3.05, 3.63) is 23.8 Å². The van der Waals surface area contributed by atoms with E-state index in [-0.39, 0.29) is 11.7 Å². The molecule has 1 aromatic rings. The van der Waals surface area contributed by atoms with Crippen LogP contribution in [0.1, 0.15) is 13.3 Å². The van der Waals surface area contributed by atoms with Gasteiger partial charge in [-0.3, -0.25) is 0 Å². The van der Waals surface area contributed by atoms with Gasteiger partial charge in [0.25, 0.3) is 0 Å². The topological polar surface area (TPSA) is 29.3 Å². The highest BCUT2D eigenvalue weighted by Gasteiger charge is 2.28. The lowest BCUT2D eigenvalue weighted by molar-refractivity contribution is 0.454. The Morgan fingerprint density at radius 1 is 1.43 bits per heavy atom. The summed E-state index contributed by atoms with van der Waals surface area (Å²) in [5, 5.41) is 0. The van der Waals surface area contributed by atoms with Crippen LogP contribution in [0.15, 0.2) is 12.1 Å². The third-order valence-electron chi connectivity index (χ3n) is 2.71. The van der Waals surface area contributed by atoms with Crippen LogP contribution in [0.25, 0.3) is 0 Å². The first kappa shape index (κ1) is 9.24. The maximum Gasteiger partial charge on any atom is 0.184 e. The lowest BCUT2D eigenvalue weighted by Gasteiger charge is -2.41. The van der Waals surface area contributed by atoms with Crippen LogP contribution in [0.5, 0.6) is 0 Å². The van der Waals surface area contributed by atoms with Crippen molar-refractivity contribution >= 4 is 11.4 Å². The van der Waals surface area contributed by atoms with Crippen LogP contribution < -0.4 is 10.6 Å². The molecule has 2 rings (SSSR count). The SMILES string of the molecule is CC1CCN1c1c(N)ccc(F)c1F. The molecule has 0 saturated carbocycles. The van der Waals surface area contributed by atoms with E-state index in [0.29, 0.717) is 5.69 Å². The lowest BCUT2D eigenvalue weighted by Crippen LogP contribution is -2.46. The Morgan fingerprint density at radius 2 is 2.14 bits per heavy atom. The molecule has 1 saturated heterocycles. The zero-order chi connectivity index (χ0) is 10.3. The van der Waals surface area contributed by atoms with E-state index in [9.17, 15) is 8.78 Å². The highest BCUT2D eigenvalue weighted by atomic mass is 19.2. The number of nitrogens with zero attached hydrogens (tertiary/aromatic N) is 1. The van der Waals surface area contributed by atoms with Crippen LogP contribution in [-0.2, 0) is 0 Å². The van der Waals surface area contributed by atoms with Crippen molar-refractivity contribution in [3.63, 3.8) is 0 Å². The molecule has 2 N–H and O–H groups in total. The molecule has 2 nitrogen and oxygen atoms in total. The number of hydrogen-bond donors (Lipinski definition) is 1. The number of halogens is 2. The second kappa shape index (κ2) is 3.12. The lowest BCUT2D eigenvalue weighted by atomic mass is 10.0. The van der Waals surface area contributed by atoms with Crippen LogP contribution in [0.2, 0.25) is 0 Å². The molecule has 0 radical (unpaired) electrons. The Kier molecular flexibility index (Phi) is 2.06. The second-order valence-corrected chi connectivity index (χ2v) is 3.63. The third-order valence-corrected chi connectivity index (χ3v) is 2.71. The van der Waals surface area contributed by atoms with E-state index < -0.39 is 11.6 Å². The third kappa shape index (κ3) is 1.22. The first-order valence-corrected chi connectivity index (χ1v) is 4.61. The average Bonchev–Trinajstić information content (AvgIpc) is 2.16. The summed E-state index contributed by atoms with van der Waals surface area (Å²) in [6.07, 6.45) is 0.995. The quantitative estimate of drug-likeness (QED) is 0.700. The van der Waals surface area contributed by atoms with Crippen molar-refractivity contribution in [1.82, 2.24) is 0 Å². The van der Waals surface area contributed by atoms with E-state index in [1.165, 1.54) is 6.07 Å². The van der Waals surface area contributed by atoms with E-state index in [4.69, 9.17) is 5.73 Å². The Hall–Kier alpha value is -1.32. The van der Waals surface area contributed by atoms with Crippen molar-refractivity contribution in [2.45, 2.75) is 19.4 Å². The van der Waals surface area contributed by atoms with Crippen LogP contribution in [0.4, 0.5) is 20.2 Å². The van der Waals surface area contributed by atoms with Crippen LogP contribution in [0, 0.1) is 11.6 Å². The maximum atomic E-state index is 13.4. The van der Waals surface area contributed by atoms with Gasteiger partial charge in [-0.05, 0) is 25.5 Å². The molecule has 0 amide bonds. The summed E-state index contributed by atoms with van der Waals surface area (Å²) < 4.78 is 26.4. The van der Waals surface area contributed by atoms with E-state index >= 15 is 0 Å². The van der Waals surface area contributed by atoms with E-state index in [2.05, 4.69) is 0 Å². The minimum atomic E-state index is -0.840. The van der Waals surface area contributed by atoms with Crippen molar-refractivity contribution in [2.24, 2.45) is 0 Å². The van der Waals surface area contributed by atoms with Gasteiger partial charge in [0.05, 0.1) is 11.4 Å². The molecular weight excluding hydrogens is 186 g/mol. The smallest absolute Gasteiger partial charge is 0.184 e. The van der Waals surface area contributed by atoms with E-state index in [1.54, 1.807) is 4.90 Å². The molecule has 1 atom stereocenters. The Morgan fingerprint density at radius 3 is 2.64 bits per heavy atom. The van der Waals surface area contributed by atoms with Gasteiger partial charge in [-0.25, -0.2) is 8.78 Å². The fourth-order valence-electron chi connectivity index (χ4n) is 1.70. The molecule has 1 heterocycles. The van der Waals surface area contributed by atoms with Crippen LogP contribution in [-0.4, -0.2) is 12.6 Å². The fourth-order valence-corrected chi connectivity index (χ4v) is 1.70. The Bertz CT molecular complexity index is 365. The zero-order valence-electron chi connectivity index (χ0n) is 7.93. The minimum absolute atomic E-state index is 0.212. The van der Waals surface area contributed by atoms with Crippen molar-refractivity contribution in [1.29, 1.82) is 0 Å². The summed E-state index contributed by atoms with van der Waals surface area (Å²) in [6, 6.07) is 2.70. The normalized spacial score (nSPS) is 20.8. The molecule has 4 heteroatoms. The number of benzene rings is 1. The fraction of sp³-hybridized carbons (Fsp3) is 0.400. The van der Waals surface area contributed by atoms with Crippen LogP contribution in [0.3, 0.4) is 0 Å². The van der Waals surface area contributed by atoms with Gasteiger partial charge >= 0.3 is 0 Å². The summed E-state index contributed by atoms with van der Waals surface area (Å²) in [4.78, 5) is 1.79. The standard InChI is InChI=1S/C10H12F2N2/c1-6-4-5-14(6)10-8(13)3-2-7(11)9(10)12/h2-3,6H,4-5,13H2,1H3. The van der Waals surface area contributed by atoms with Gasteiger partial charge in [0.15, 0.2) is 11.6 Å². The number of nitrogen functional groups attached to an aromatic ring is 1. The molecule has 0 aliphatic carbocycles. The number of anilines is 2. The second-order valence-electron chi connectivity index (χ2n) is 3.63. The highest BCUT2D eigenvalue weighted by molar-refractivity contribution is 5.69. The number of nitrogens with two attached hydrogens (primary N) is 1. The van der Waals surface area contributed by atoms with Gasteiger partial charge in [-0.2, -0.15) is 0 Å². The summed E-state index contributed by atoms with van der Waals surface area (Å²) in [5.41, 5.74) is 6.13.